The van der Waals surface area contributed by atoms with Gasteiger partial charge in [0, 0.05) is 24.4 Å². The van der Waals surface area contributed by atoms with E-state index in [-0.39, 0.29) is 19.0 Å². The van der Waals surface area contributed by atoms with E-state index in [0.717, 1.165) is 5.56 Å². The second-order valence-corrected chi connectivity index (χ2v) is 8.86. The quantitative estimate of drug-likeness (QED) is 0.522. The summed E-state index contributed by atoms with van der Waals surface area (Å²) in [4.78, 5) is 56.4. The number of nitrogens with one attached hydrogen (secondary N) is 3. The minimum Gasteiger partial charge on any atom is -0.497 e. The number of hydrogen-bond acceptors (Lipinski definition) is 8. The molecule has 2 saturated heterocycles. The van der Waals surface area contributed by atoms with E-state index in [0.29, 0.717) is 29.2 Å². The average Bonchev–Trinajstić information content (AvgIpc) is 3.44. The third-order valence-corrected chi connectivity index (χ3v) is 6.77. The monoisotopic (exact) mass is 483 g/mol. The van der Waals surface area contributed by atoms with Gasteiger partial charge in [0.25, 0.3) is 11.8 Å². The summed E-state index contributed by atoms with van der Waals surface area (Å²) in [6.07, 6.45) is 0.175. The molecule has 1 aromatic carbocycles. The molecule has 5 rings (SSSR count). The molecule has 2 fully saturated rings. The summed E-state index contributed by atoms with van der Waals surface area (Å²) in [6, 6.07) is 4.58. The molecule has 12 heteroatoms. The number of alkyl carbamates (subject to hydrolysis) is 1. The van der Waals surface area contributed by atoms with E-state index in [2.05, 4.69) is 25.7 Å². The van der Waals surface area contributed by atoms with E-state index in [1.54, 1.807) is 18.2 Å². The SMILES string of the molecule is COC(=O)NC1CC=C2OC(C3(CN4Cc5ccc(OC)cc5C4=O)NC(=O)NC3=O)C(C)C2=N1. The molecular formula is C23H25N5O7. The van der Waals surface area contributed by atoms with Gasteiger partial charge in [-0.2, -0.15) is 0 Å². The minimum atomic E-state index is -1.54. The molecule has 0 bridgehead atoms. The summed E-state index contributed by atoms with van der Waals surface area (Å²) < 4.78 is 16.1. The molecule has 0 aromatic heterocycles. The molecule has 4 aliphatic heterocycles. The molecular weight excluding hydrogens is 458 g/mol. The molecule has 0 radical (unpaired) electrons. The molecule has 4 aliphatic rings. The van der Waals surface area contributed by atoms with Crippen molar-refractivity contribution in [1.82, 2.24) is 20.9 Å². The summed E-state index contributed by atoms with van der Waals surface area (Å²) in [6.45, 7) is 2.01. The molecule has 4 unspecified atom stereocenters. The van der Waals surface area contributed by atoms with Crippen LogP contribution >= 0.6 is 0 Å². The van der Waals surface area contributed by atoms with Crippen molar-refractivity contribution < 1.29 is 33.4 Å². The lowest BCUT2D eigenvalue weighted by atomic mass is 9.83. The summed E-state index contributed by atoms with van der Waals surface area (Å²) >= 11 is 0. The molecule has 1 aromatic rings. The van der Waals surface area contributed by atoms with Crippen molar-refractivity contribution in [2.24, 2.45) is 10.9 Å². The van der Waals surface area contributed by atoms with E-state index in [1.165, 1.54) is 19.1 Å². The fourth-order valence-electron chi connectivity index (χ4n) is 5.06. The molecule has 0 aliphatic carbocycles. The lowest BCUT2D eigenvalue weighted by Crippen LogP contribution is -2.64. The lowest BCUT2D eigenvalue weighted by molar-refractivity contribution is -0.129. The van der Waals surface area contributed by atoms with Gasteiger partial charge in [-0.05, 0) is 23.8 Å². The van der Waals surface area contributed by atoms with Gasteiger partial charge in [0.2, 0.25) is 0 Å². The first-order valence-corrected chi connectivity index (χ1v) is 11.1. The van der Waals surface area contributed by atoms with Crippen molar-refractivity contribution in [3.05, 3.63) is 41.2 Å². The minimum absolute atomic E-state index is 0.0974. The number of amides is 5. The normalized spacial score (nSPS) is 28.8. The summed E-state index contributed by atoms with van der Waals surface area (Å²) in [5, 5.41) is 7.67. The maximum Gasteiger partial charge on any atom is 0.408 e. The molecule has 12 nitrogen and oxygen atoms in total. The largest absolute Gasteiger partial charge is 0.497 e. The predicted octanol–water partition coefficient (Wildman–Crippen LogP) is 0.675. The second-order valence-electron chi connectivity index (χ2n) is 8.86. The number of carbonyl (C=O) groups is 4. The van der Waals surface area contributed by atoms with Crippen molar-refractivity contribution in [2.45, 2.75) is 37.7 Å². The standard InChI is InChI=1S/C23H25N5O7/c1-11-17-15(6-7-16(24-17)25-22(32)34-3)35-18(11)23(20(30)26-21(31)27-23)10-28-9-12-4-5-13(33-2)8-14(12)19(28)29/h4-6,8,11,16,18H,7,9-10H2,1-3H3,(H,25,32)(H2,26,27,30,31). The van der Waals surface area contributed by atoms with E-state index >= 15 is 0 Å². The third-order valence-electron chi connectivity index (χ3n) is 6.77. The van der Waals surface area contributed by atoms with Crippen LogP contribution in [-0.2, 0) is 20.8 Å². The van der Waals surface area contributed by atoms with Crippen LogP contribution in [0.1, 0.15) is 29.3 Å². The number of carbonyl (C=O) groups excluding carboxylic acids is 4. The van der Waals surface area contributed by atoms with Crippen LogP contribution < -0.4 is 20.7 Å². The highest BCUT2D eigenvalue weighted by atomic mass is 16.5. The lowest BCUT2D eigenvalue weighted by Gasteiger charge is -2.36. The van der Waals surface area contributed by atoms with E-state index in [4.69, 9.17) is 9.47 Å². The van der Waals surface area contributed by atoms with Crippen LogP contribution in [0.4, 0.5) is 9.59 Å². The molecule has 4 atom stereocenters. The number of dihydropyridines is 1. The van der Waals surface area contributed by atoms with Crippen molar-refractivity contribution in [2.75, 3.05) is 20.8 Å². The molecule has 3 N–H and O–H groups in total. The van der Waals surface area contributed by atoms with Gasteiger partial charge in [-0.15, -0.1) is 0 Å². The zero-order valence-corrected chi connectivity index (χ0v) is 19.4. The highest BCUT2D eigenvalue weighted by Crippen LogP contribution is 2.39. The third kappa shape index (κ3) is 3.65. The average molecular weight is 483 g/mol. The Balaban J connectivity index is 1.44. The molecule has 0 saturated carbocycles. The molecule has 4 heterocycles. The summed E-state index contributed by atoms with van der Waals surface area (Å²) in [5.74, 6) is -0.233. The van der Waals surface area contributed by atoms with Gasteiger partial charge < -0.3 is 24.4 Å². The van der Waals surface area contributed by atoms with Crippen molar-refractivity contribution >= 4 is 29.7 Å². The van der Waals surface area contributed by atoms with E-state index < -0.39 is 41.8 Å². The van der Waals surface area contributed by atoms with Crippen molar-refractivity contribution in [1.29, 1.82) is 0 Å². The van der Waals surface area contributed by atoms with Crippen molar-refractivity contribution in [3.63, 3.8) is 0 Å². The Morgan fingerprint density at radius 3 is 2.80 bits per heavy atom. The number of nitrogens with zero attached hydrogens (tertiary/aromatic N) is 2. The number of rotatable bonds is 5. The van der Waals surface area contributed by atoms with Crippen molar-refractivity contribution in [3.8, 4) is 5.75 Å². The smallest absolute Gasteiger partial charge is 0.408 e. The maximum absolute atomic E-state index is 13.2. The predicted molar refractivity (Wildman–Crippen MR) is 121 cm³/mol. The van der Waals surface area contributed by atoms with Crippen LogP contribution in [-0.4, -0.2) is 73.1 Å². The van der Waals surface area contributed by atoms with Gasteiger partial charge in [-0.1, -0.05) is 13.0 Å². The first kappa shape index (κ1) is 22.7. The van der Waals surface area contributed by atoms with E-state index in [9.17, 15) is 19.2 Å². The Bertz CT molecular complexity index is 1190. The summed E-state index contributed by atoms with van der Waals surface area (Å²) in [7, 11) is 2.79. The molecule has 5 amide bonds. The highest BCUT2D eigenvalue weighted by molar-refractivity contribution is 6.10. The van der Waals surface area contributed by atoms with Gasteiger partial charge in [0.1, 0.15) is 23.8 Å². The van der Waals surface area contributed by atoms with E-state index in [1.807, 2.05) is 13.0 Å². The van der Waals surface area contributed by atoms with Crippen LogP contribution in [0.3, 0.4) is 0 Å². The maximum atomic E-state index is 13.2. The number of methoxy groups -OCH3 is 2. The molecule has 184 valence electrons. The Kier molecular flexibility index (Phi) is 5.37. The Morgan fingerprint density at radius 2 is 2.11 bits per heavy atom. The fourth-order valence-corrected chi connectivity index (χ4v) is 5.06. The highest BCUT2D eigenvalue weighted by Gasteiger charge is 2.60. The fraction of sp³-hybridized carbons (Fsp3) is 0.435. The number of ether oxygens (including phenoxy) is 3. The molecule has 0 spiro atoms. The number of allylic oxidation sites excluding steroid dienone is 1. The number of benzene rings is 1. The Labute approximate surface area is 200 Å². The second kappa shape index (κ2) is 8.29. The molecule has 35 heavy (non-hydrogen) atoms. The number of hydrogen-bond donors (Lipinski definition) is 3. The zero-order valence-electron chi connectivity index (χ0n) is 19.4. The number of urea groups is 1. The van der Waals surface area contributed by atoms with Gasteiger partial charge in [0.15, 0.2) is 5.54 Å². The van der Waals surface area contributed by atoms with Crippen LogP contribution in [0.5, 0.6) is 5.75 Å². The first-order chi connectivity index (χ1) is 16.8. The Hall–Kier alpha value is -4.09. The Morgan fingerprint density at radius 1 is 1.31 bits per heavy atom. The summed E-state index contributed by atoms with van der Waals surface area (Å²) in [5.41, 5.74) is 0.317. The number of fused-ring (bicyclic) bond motifs is 2. The van der Waals surface area contributed by atoms with Crippen LogP contribution in [0.15, 0.2) is 35.0 Å². The van der Waals surface area contributed by atoms with Crippen LogP contribution in [0.25, 0.3) is 0 Å². The van der Waals surface area contributed by atoms with Crippen LogP contribution in [0, 0.1) is 5.92 Å². The number of aliphatic imine (C=N–C) groups is 1. The van der Waals surface area contributed by atoms with Gasteiger partial charge in [-0.25, -0.2) is 9.59 Å². The zero-order chi connectivity index (χ0) is 24.9. The van der Waals surface area contributed by atoms with Gasteiger partial charge >= 0.3 is 12.1 Å². The topological polar surface area (TPSA) is 148 Å². The van der Waals surface area contributed by atoms with Gasteiger partial charge in [-0.3, -0.25) is 25.2 Å². The first-order valence-electron chi connectivity index (χ1n) is 11.1. The van der Waals surface area contributed by atoms with Gasteiger partial charge in [0.05, 0.1) is 26.5 Å². The number of imide groups is 1. The van der Waals surface area contributed by atoms with Crippen LogP contribution in [0.2, 0.25) is 0 Å².